The lowest BCUT2D eigenvalue weighted by Gasteiger charge is -2.19. The van der Waals surface area contributed by atoms with Crippen LogP contribution >= 0.6 is 0 Å². The summed E-state index contributed by atoms with van der Waals surface area (Å²) in [4.78, 5) is 22.4. The van der Waals surface area contributed by atoms with Gasteiger partial charge in [-0.25, -0.2) is 4.68 Å². The van der Waals surface area contributed by atoms with Crippen LogP contribution in [0.2, 0.25) is 0 Å². The molecule has 27 heavy (non-hydrogen) atoms. The van der Waals surface area contributed by atoms with E-state index in [4.69, 9.17) is 9.84 Å². The first-order valence-electron chi connectivity index (χ1n) is 8.85. The number of aromatic nitrogens is 3. The van der Waals surface area contributed by atoms with Crippen LogP contribution < -0.4 is 10.1 Å². The van der Waals surface area contributed by atoms with Crippen LogP contribution in [0.25, 0.3) is 0 Å². The van der Waals surface area contributed by atoms with Crippen molar-refractivity contribution in [1.29, 1.82) is 0 Å². The van der Waals surface area contributed by atoms with Crippen molar-refractivity contribution >= 4 is 11.9 Å². The third-order valence-corrected chi connectivity index (χ3v) is 3.89. The van der Waals surface area contributed by atoms with Gasteiger partial charge in [0.15, 0.2) is 0 Å². The van der Waals surface area contributed by atoms with Gasteiger partial charge >= 0.3 is 5.97 Å². The Morgan fingerprint density at radius 3 is 2.56 bits per heavy atom. The van der Waals surface area contributed by atoms with E-state index in [0.29, 0.717) is 25.1 Å². The molecule has 0 aliphatic rings. The second-order valence-corrected chi connectivity index (χ2v) is 7.30. The first-order chi connectivity index (χ1) is 12.7. The van der Waals surface area contributed by atoms with Gasteiger partial charge in [0.25, 0.3) is 0 Å². The number of carbonyl (C=O) groups is 2. The number of nitrogens with zero attached hydrogens (tertiary/aromatic N) is 3. The second-order valence-electron chi connectivity index (χ2n) is 7.30. The Labute approximate surface area is 158 Å². The summed E-state index contributed by atoms with van der Waals surface area (Å²) < 4.78 is 6.88. The third-order valence-electron chi connectivity index (χ3n) is 3.89. The number of rotatable bonds is 9. The van der Waals surface area contributed by atoms with Gasteiger partial charge in [-0.05, 0) is 29.5 Å². The molecule has 8 nitrogen and oxygen atoms in total. The Balaban J connectivity index is 1.64. The quantitative estimate of drug-likeness (QED) is 0.651. The topological polar surface area (TPSA) is 106 Å². The summed E-state index contributed by atoms with van der Waals surface area (Å²) in [6.07, 6.45) is 2.43. The highest BCUT2D eigenvalue weighted by Gasteiger charge is 2.13. The molecule has 0 saturated carbocycles. The number of ether oxygens (including phenoxy) is 1. The van der Waals surface area contributed by atoms with Crippen molar-refractivity contribution in [3.05, 3.63) is 41.7 Å². The lowest BCUT2D eigenvalue weighted by Crippen LogP contribution is -2.23. The molecule has 2 N–H and O–H groups in total. The van der Waals surface area contributed by atoms with E-state index in [1.165, 1.54) is 16.4 Å². The van der Waals surface area contributed by atoms with E-state index in [1.54, 1.807) is 0 Å². The predicted octanol–water partition coefficient (Wildman–Crippen LogP) is 2.14. The van der Waals surface area contributed by atoms with Crippen molar-refractivity contribution < 1.29 is 19.4 Å². The third kappa shape index (κ3) is 7.08. The number of hydrogen-bond donors (Lipinski definition) is 2. The van der Waals surface area contributed by atoms with Crippen LogP contribution in [0.5, 0.6) is 5.75 Å². The Kier molecular flexibility index (Phi) is 6.92. The van der Waals surface area contributed by atoms with E-state index in [-0.39, 0.29) is 24.4 Å². The number of carboxylic acids is 1. The van der Waals surface area contributed by atoms with Crippen molar-refractivity contribution in [3.8, 4) is 5.75 Å². The summed E-state index contributed by atoms with van der Waals surface area (Å²) in [6.45, 7) is 6.90. The highest BCUT2D eigenvalue weighted by atomic mass is 16.5. The first-order valence-corrected chi connectivity index (χ1v) is 8.85. The van der Waals surface area contributed by atoms with Gasteiger partial charge in [0.05, 0.1) is 19.3 Å². The number of amides is 1. The van der Waals surface area contributed by atoms with Gasteiger partial charge in [-0.15, -0.1) is 5.10 Å². The minimum atomic E-state index is -0.997. The van der Waals surface area contributed by atoms with Crippen molar-refractivity contribution in [2.45, 2.75) is 52.1 Å². The van der Waals surface area contributed by atoms with Crippen LogP contribution in [0.15, 0.2) is 30.5 Å². The molecule has 0 fully saturated rings. The predicted molar refractivity (Wildman–Crippen MR) is 99.4 cm³/mol. The zero-order valence-electron chi connectivity index (χ0n) is 15.9. The first kappa shape index (κ1) is 20.4. The van der Waals surface area contributed by atoms with Crippen LogP contribution in [0.1, 0.15) is 44.9 Å². The molecule has 0 spiro atoms. The normalized spacial score (nSPS) is 11.2. The maximum Gasteiger partial charge on any atom is 0.325 e. The lowest BCUT2D eigenvalue weighted by atomic mass is 9.87. The van der Waals surface area contributed by atoms with E-state index < -0.39 is 5.97 Å². The van der Waals surface area contributed by atoms with Crippen molar-refractivity contribution in [1.82, 2.24) is 20.3 Å². The summed E-state index contributed by atoms with van der Waals surface area (Å²) in [5, 5.41) is 18.9. The zero-order valence-corrected chi connectivity index (χ0v) is 15.9. The van der Waals surface area contributed by atoms with Gasteiger partial charge < -0.3 is 15.2 Å². The maximum absolute atomic E-state index is 11.9. The average molecular weight is 374 g/mol. The molecule has 1 aromatic carbocycles. The fraction of sp³-hybridized carbons (Fsp3) is 0.474. The van der Waals surface area contributed by atoms with Crippen LogP contribution in [-0.2, 0) is 28.1 Å². The van der Waals surface area contributed by atoms with Gasteiger partial charge in [0.2, 0.25) is 5.91 Å². The largest absolute Gasteiger partial charge is 0.494 e. The van der Waals surface area contributed by atoms with Crippen molar-refractivity contribution in [2.75, 3.05) is 6.61 Å². The Hall–Kier alpha value is -2.90. The summed E-state index contributed by atoms with van der Waals surface area (Å²) in [5.74, 6) is -0.323. The SMILES string of the molecule is CC(C)(C)c1ccc(OCCCC(=O)NCc2cn(CC(=O)O)nn2)cc1. The molecular formula is C19H26N4O4. The van der Waals surface area contributed by atoms with Gasteiger partial charge in [-0.2, -0.15) is 0 Å². The zero-order chi connectivity index (χ0) is 19.9. The molecule has 0 radical (unpaired) electrons. The average Bonchev–Trinajstić information content (AvgIpc) is 3.03. The second kappa shape index (κ2) is 9.16. The molecule has 2 rings (SSSR count). The van der Waals surface area contributed by atoms with Crippen LogP contribution in [0.3, 0.4) is 0 Å². The standard InChI is InChI=1S/C19H26N4O4/c1-19(2,3)14-6-8-16(9-7-14)27-10-4-5-17(24)20-11-15-12-23(22-21-15)13-18(25)26/h6-9,12H,4-5,10-11,13H2,1-3H3,(H,20,24)(H,25,26). The fourth-order valence-corrected chi connectivity index (χ4v) is 2.39. The number of carbonyl (C=O) groups excluding carboxylic acids is 1. The molecule has 0 saturated heterocycles. The molecule has 2 aromatic rings. The van der Waals surface area contributed by atoms with Crippen LogP contribution in [-0.4, -0.2) is 38.6 Å². The number of aliphatic carboxylic acids is 1. The number of nitrogens with one attached hydrogen (secondary N) is 1. The van der Waals surface area contributed by atoms with Gasteiger partial charge in [-0.3, -0.25) is 9.59 Å². The number of benzene rings is 1. The Morgan fingerprint density at radius 1 is 1.22 bits per heavy atom. The van der Waals surface area contributed by atoms with Gasteiger partial charge in [0, 0.05) is 6.42 Å². The molecule has 1 amide bonds. The van der Waals surface area contributed by atoms with Gasteiger partial charge in [0.1, 0.15) is 18.0 Å². The minimum Gasteiger partial charge on any atom is -0.494 e. The lowest BCUT2D eigenvalue weighted by molar-refractivity contribution is -0.138. The molecule has 1 heterocycles. The van der Waals surface area contributed by atoms with E-state index in [0.717, 1.165) is 5.75 Å². The Morgan fingerprint density at radius 2 is 1.93 bits per heavy atom. The van der Waals surface area contributed by atoms with Crippen LogP contribution in [0, 0.1) is 0 Å². The molecule has 0 bridgehead atoms. The van der Waals surface area contributed by atoms with E-state index in [2.05, 4.69) is 48.5 Å². The summed E-state index contributed by atoms with van der Waals surface area (Å²) in [6, 6.07) is 8.00. The summed E-state index contributed by atoms with van der Waals surface area (Å²) in [7, 11) is 0. The van der Waals surface area contributed by atoms with Crippen LogP contribution in [0.4, 0.5) is 0 Å². The summed E-state index contributed by atoms with van der Waals surface area (Å²) in [5.41, 5.74) is 1.87. The molecule has 0 unspecified atom stereocenters. The van der Waals surface area contributed by atoms with E-state index >= 15 is 0 Å². The van der Waals surface area contributed by atoms with Crippen molar-refractivity contribution in [2.24, 2.45) is 0 Å². The number of carboxylic acid groups (broad SMARTS) is 1. The maximum atomic E-state index is 11.9. The molecular weight excluding hydrogens is 348 g/mol. The molecule has 1 aromatic heterocycles. The smallest absolute Gasteiger partial charge is 0.325 e. The Bertz CT molecular complexity index is 763. The van der Waals surface area contributed by atoms with E-state index in [9.17, 15) is 9.59 Å². The molecule has 8 heteroatoms. The van der Waals surface area contributed by atoms with E-state index in [1.807, 2.05) is 12.1 Å². The molecule has 0 aliphatic carbocycles. The highest BCUT2D eigenvalue weighted by Crippen LogP contribution is 2.24. The molecule has 0 atom stereocenters. The highest BCUT2D eigenvalue weighted by molar-refractivity contribution is 5.75. The van der Waals surface area contributed by atoms with Gasteiger partial charge in [-0.1, -0.05) is 38.1 Å². The fourth-order valence-electron chi connectivity index (χ4n) is 2.39. The minimum absolute atomic E-state index is 0.107. The summed E-state index contributed by atoms with van der Waals surface area (Å²) >= 11 is 0. The van der Waals surface area contributed by atoms with Crippen molar-refractivity contribution in [3.63, 3.8) is 0 Å². The molecule has 146 valence electrons. The monoisotopic (exact) mass is 374 g/mol. The number of hydrogen-bond acceptors (Lipinski definition) is 5. The molecule has 0 aliphatic heterocycles.